The van der Waals surface area contributed by atoms with Gasteiger partial charge in [-0.2, -0.15) is 0 Å². The van der Waals surface area contributed by atoms with E-state index in [1.54, 1.807) is 18.6 Å². The summed E-state index contributed by atoms with van der Waals surface area (Å²) in [6.45, 7) is 4.67. The van der Waals surface area contributed by atoms with Crippen molar-refractivity contribution in [1.29, 1.82) is 0 Å². The van der Waals surface area contributed by atoms with Gasteiger partial charge in [0.25, 0.3) is 0 Å². The first-order valence-electron chi connectivity index (χ1n) is 10.1. The molecule has 0 radical (unpaired) electrons. The second-order valence-corrected chi connectivity index (χ2v) is 9.88. The van der Waals surface area contributed by atoms with Crippen LogP contribution in [0.5, 0.6) is 5.75 Å². The zero-order valence-corrected chi connectivity index (χ0v) is 17.5. The Balaban J connectivity index is 1.41. The molecule has 2 bridgehead atoms. The third kappa shape index (κ3) is 3.60. The Kier molecular flexibility index (Phi) is 4.33. The van der Waals surface area contributed by atoms with Crippen molar-refractivity contribution >= 4 is 17.4 Å². The van der Waals surface area contributed by atoms with E-state index in [4.69, 9.17) is 0 Å². The maximum Gasteiger partial charge on any atom is 0.151 e. The lowest BCUT2D eigenvalue weighted by molar-refractivity contribution is 0.124. The number of benzene rings is 1. The van der Waals surface area contributed by atoms with Crippen molar-refractivity contribution < 1.29 is 5.11 Å². The van der Waals surface area contributed by atoms with Crippen LogP contribution in [0.4, 0.5) is 0 Å². The molecule has 2 aliphatic heterocycles. The number of rotatable bonds is 3. The van der Waals surface area contributed by atoms with Crippen molar-refractivity contribution in [2.75, 3.05) is 0 Å². The van der Waals surface area contributed by atoms with E-state index >= 15 is 0 Å². The van der Waals surface area contributed by atoms with Crippen molar-refractivity contribution in [3.05, 3.63) is 47.5 Å². The molecule has 0 spiro atoms. The van der Waals surface area contributed by atoms with Crippen molar-refractivity contribution in [1.82, 2.24) is 25.1 Å². The zero-order chi connectivity index (χ0) is 20.1. The Hall–Kier alpha value is -2.51. The van der Waals surface area contributed by atoms with E-state index in [0.717, 1.165) is 28.5 Å². The van der Waals surface area contributed by atoms with Crippen LogP contribution in [0, 0.1) is 0 Å². The predicted molar refractivity (Wildman–Crippen MR) is 115 cm³/mol. The molecule has 0 aliphatic carbocycles. The van der Waals surface area contributed by atoms with E-state index in [1.165, 1.54) is 36.2 Å². The van der Waals surface area contributed by atoms with Gasteiger partial charge in [0.05, 0.1) is 17.6 Å². The number of hydrogen-bond donors (Lipinski definition) is 2. The molecule has 2 aromatic heterocycles. The second-order valence-electron chi connectivity index (χ2n) is 8.87. The van der Waals surface area contributed by atoms with E-state index < -0.39 is 0 Å². The highest BCUT2D eigenvalue weighted by Crippen LogP contribution is 2.43. The number of imidazole rings is 1. The standard InChI is InChI=1S/C22H25N5OS/c1-21-6-3-7-22(2,26-21)13-15(12-21)10-19-24-25-20(29-19)17-5-4-16(11-18(17)28)27-9-8-23-14-27/h4-5,8-11,14,26,28H,3,6-7,12-13H2,1-2H3/b15-10-/t21-,22+/m1/s1. The summed E-state index contributed by atoms with van der Waals surface area (Å²) >= 11 is 1.52. The van der Waals surface area contributed by atoms with Crippen LogP contribution >= 0.6 is 11.3 Å². The van der Waals surface area contributed by atoms with Gasteiger partial charge in [-0.25, -0.2) is 4.98 Å². The van der Waals surface area contributed by atoms with E-state index in [-0.39, 0.29) is 16.8 Å². The van der Waals surface area contributed by atoms with Crippen LogP contribution in [-0.4, -0.2) is 35.9 Å². The summed E-state index contributed by atoms with van der Waals surface area (Å²) in [6, 6.07) is 5.57. The highest BCUT2D eigenvalue weighted by Gasteiger charge is 2.43. The molecule has 0 unspecified atom stereocenters. The summed E-state index contributed by atoms with van der Waals surface area (Å²) in [6.07, 6.45) is 13.3. The fourth-order valence-corrected chi connectivity index (χ4v) is 5.87. The van der Waals surface area contributed by atoms with Crippen LogP contribution in [0.3, 0.4) is 0 Å². The number of fused-ring (bicyclic) bond motifs is 2. The average Bonchev–Trinajstić information content (AvgIpc) is 3.32. The molecule has 6 nitrogen and oxygen atoms in total. The molecule has 2 fully saturated rings. The Morgan fingerprint density at radius 2 is 1.97 bits per heavy atom. The number of piperidine rings is 2. The molecule has 2 saturated heterocycles. The molecular formula is C22H25N5OS. The minimum atomic E-state index is 0.187. The fraction of sp³-hybridized carbons (Fsp3) is 0.409. The summed E-state index contributed by atoms with van der Waals surface area (Å²) in [7, 11) is 0. The summed E-state index contributed by atoms with van der Waals surface area (Å²) in [5.74, 6) is 0.197. The number of nitrogens with zero attached hydrogens (tertiary/aromatic N) is 4. The van der Waals surface area contributed by atoms with E-state index in [1.807, 2.05) is 22.9 Å². The van der Waals surface area contributed by atoms with Crippen LogP contribution in [0.2, 0.25) is 0 Å². The number of aromatic hydroxyl groups is 1. The topological polar surface area (TPSA) is 75.9 Å². The molecular weight excluding hydrogens is 382 g/mol. The smallest absolute Gasteiger partial charge is 0.151 e. The lowest BCUT2D eigenvalue weighted by Gasteiger charge is -2.51. The average molecular weight is 408 g/mol. The molecule has 2 aliphatic rings. The van der Waals surface area contributed by atoms with Gasteiger partial charge in [0.1, 0.15) is 10.8 Å². The quantitative estimate of drug-likeness (QED) is 0.665. The number of phenolic OH excluding ortho intramolecular Hbond substituents is 1. The van der Waals surface area contributed by atoms with Crippen LogP contribution in [0.25, 0.3) is 22.3 Å². The third-order valence-electron chi connectivity index (χ3n) is 6.08. The molecule has 3 aromatic rings. The summed E-state index contributed by atoms with van der Waals surface area (Å²) in [4.78, 5) is 4.05. The number of phenols is 1. The number of nitrogens with one attached hydrogen (secondary N) is 1. The fourth-order valence-electron chi connectivity index (χ4n) is 5.00. The molecule has 1 aromatic carbocycles. The molecule has 150 valence electrons. The zero-order valence-electron chi connectivity index (χ0n) is 16.7. The van der Waals surface area contributed by atoms with E-state index in [0.29, 0.717) is 5.56 Å². The Morgan fingerprint density at radius 1 is 1.17 bits per heavy atom. The second kappa shape index (κ2) is 6.78. The van der Waals surface area contributed by atoms with Gasteiger partial charge in [-0.05, 0) is 64.2 Å². The highest BCUT2D eigenvalue weighted by atomic mass is 32.1. The first kappa shape index (κ1) is 18.5. The molecule has 0 saturated carbocycles. The monoisotopic (exact) mass is 407 g/mol. The SMILES string of the molecule is C[C@]12CCC[C@](C)(C/C(=C/c3nnc(-c4ccc(-n5ccnc5)cc4O)s3)C1)N2. The predicted octanol–water partition coefficient (Wildman–Crippen LogP) is 4.56. The van der Waals surface area contributed by atoms with Gasteiger partial charge in [0.15, 0.2) is 5.01 Å². The Bertz CT molecular complexity index is 1050. The molecule has 2 atom stereocenters. The maximum atomic E-state index is 10.5. The van der Waals surface area contributed by atoms with Crippen LogP contribution in [-0.2, 0) is 0 Å². The van der Waals surface area contributed by atoms with Gasteiger partial charge in [0, 0.05) is 29.5 Å². The number of aromatic nitrogens is 4. The molecule has 0 amide bonds. The van der Waals surface area contributed by atoms with Crippen molar-refractivity contribution in [2.24, 2.45) is 0 Å². The van der Waals surface area contributed by atoms with Gasteiger partial charge in [-0.1, -0.05) is 16.9 Å². The molecule has 7 heteroatoms. The molecule has 5 rings (SSSR count). The van der Waals surface area contributed by atoms with Gasteiger partial charge in [-0.3, -0.25) is 0 Å². The van der Waals surface area contributed by atoms with E-state index in [9.17, 15) is 5.11 Å². The minimum absolute atomic E-state index is 0.187. The van der Waals surface area contributed by atoms with Crippen LogP contribution < -0.4 is 5.32 Å². The summed E-state index contributed by atoms with van der Waals surface area (Å²) in [5.41, 5.74) is 3.38. The first-order valence-corrected chi connectivity index (χ1v) is 10.9. The van der Waals surface area contributed by atoms with Gasteiger partial charge in [0.2, 0.25) is 0 Å². The van der Waals surface area contributed by atoms with Gasteiger partial charge >= 0.3 is 0 Å². The number of hydrogen-bond acceptors (Lipinski definition) is 6. The van der Waals surface area contributed by atoms with Crippen molar-refractivity contribution in [2.45, 2.75) is 57.0 Å². The van der Waals surface area contributed by atoms with Crippen molar-refractivity contribution in [3.8, 4) is 22.0 Å². The summed E-state index contributed by atoms with van der Waals surface area (Å²) < 4.78 is 1.86. The highest BCUT2D eigenvalue weighted by molar-refractivity contribution is 7.15. The third-order valence-corrected chi connectivity index (χ3v) is 6.98. The Labute approximate surface area is 174 Å². The molecule has 2 N–H and O–H groups in total. The molecule has 4 heterocycles. The Morgan fingerprint density at radius 3 is 2.66 bits per heavy atom. The maximum absolute atomic E-state index is 10.5. The van der Waals surface area contributed by atoms with Gasteiger partial charge in [-0.15, -0.1) is 10.2 Å². The van der Waals surface area contributed by atoms with Gasteiger partial charge < -0.3 is 15.0 Å². The van der Waals surface area contributed by atoms with Crippen LogP contribution in [0.15, 0.2) is 42.5 Å². The first-order chi connectivity index (χ1) is 13.9. The minimum Gasteiger partial charge on any atom is -0.507 e. The lowest BCUT2D eigenvalue weighted by atomic mass is 9.69. The normalized spacial score (nSPS) is 28.0. The summed E-state index contributed by atoms with van der Waals surface area (Å²) in [5, 5.41) is 24.8. The molecule has 29 heavy (non-hydrogen) atoms. The van der Waals surface area contributed by atoms with Crippen LogP contribution in [0.1, 0.15) is 51.0 Å². The van der Waals surface area contributed by atoms with E-state index in [2.05, 4.69) is 40.4 Å². The lowest BCUT2D eigenvalue weighted by Crippen LogP contribution is -2.61. The largest absolute Gasteiger partial charge is 0.507 e. The van der Waals surface area contributed by atoms with Crippen molar-refractivity contribution in [3.63, 3.8) is 0 Å².